The fourth-order valence-corrected chi connectivity index (χ4v) is 1.78. The van der Waals surface area contributed by atoms with Gasteiger partial charge in [0.1, 0.15) is 29.1 Å². The largest absolute Gasteiger partial charge is 0.480 e. The van der Waals surface area contributed by atoms with Gasteiger partial charge in [-0.15, -0.1) is 0 Å². The van der Waals surface area contributed by atoms with Gasteiger partial charge in [0, 0.05) is 12.1 Å². The molecule has 2 rings (SSSR count). The van der Waals surface area contributed by atoms with Gasteiger partial charge in [-0.2, -0.15) is 0 Å². The molecule has 19 heavy (non-hydrogen) atoms. The van der Waals surface area contributed by atoms with Crippen LogP contribution >= 0.6 is 0 Å². The van der Waals surface area contributed by atoms with E-state index in [-0.39, 0.29) is 5.92 Å². The lowest BCUT2D eigenvalue weighted by Gasteiger charge is -2.14. The van der Waals surface area contributed by atoms with Gasteiger partial charge in [0.15, 0.2) is 0 Å². The van der Waals surface area contributed by atoms with Crippen molar-refractivity contribution in [2.75, 3.05) is 0 Å². The summed E-state index contributed by atoms with van der Waals surface area (Å²) in [4.78, 5) is 22.6. The summed E-state index contributed by atoms with van der Waals surface area (Å²) >= 11 is 0. The van der Waals surface area contributed by atoms with Crippen LogP contribution in [0.15, 0.2) is 12.1 Å². The molecule has 0 bridgehead atoms. The number of carboxylic acid groups (broad SMARTS) is 1. The second-order valence-corrected chi connectivity index (χ2v) is 4.37. The highest BCUT2D eigenvalue weighted by Crippen LogP contribution is 2.33. The third-order valence-corrected chi connectivity index (χ3v) is 2.88. The summed E-state index contributed by atoms with van der Waals surface area (Å²) in [6.45, 7) is 0. The van der Waals surface area contributed by atoms with E-state index in [9.17, 15) is 22.8 Å². The molecule has 0 heterocycles. The lowest BCUT2D eigenvalue weighted by Crippen LogP contribution is -2.43. The Morgan fingerprint density at radius 3 is 2.16 bits per heavy atom. The molecule has 1 aliphatic carbocycles. The lowest BCUT2D eigenvalue weighted by molar-refractivity contribution is -0.139. The van der Waals surface area contributed by atoms with Gasteiger partial charge in [-0.25, -0.2) is 18.0 Å². The molecule has 1 aliphatic rings. The van der Waals surface area contributed by atoms with Crippen molar-refractivity contribution in [2.45, 2.75) is 18.9 Å². The Balaban J connectivity index is 2.22. The van der Waals surface area contributed by atoms with Crippen molar-refractivity contribution >= 4 is 11.9 Å². The van der Waals surface area contributed by atoms with Gasteiger partial charge in [-0.05, 0) is 18.8 Å². The number of carboxylic acids is 1. The van der Waals surface area contributed by atoms with Crippen molar-refractivity contribution in [2.24, 2.45) is 5.92 Å². The zero-order valence-corrected chi connectivity index (χ0v) is 9.62. The fraction of sp³-hybridized carbons (Fsp3) is 0.333. The molecule has 2 N–H and O–H groups in total. The van der Waals surface area contributed by atoms with Gasteiger partial charge in [-0.3, -0.25) is 4.79 Å². The minimum Gasteiger partial charge on any atom is -0.480 e. The minimum absolute atomic E-state index is 0.229. The number of benzene rings is 1. The molecule has 0 spiro atoms. The number of hydrogen-bond acceptors (Lipinski definition) is 2. The summed E-state index contributed by atoms with van der Waals surface area (Å²) in [5.74, 6) is -6.57. The number of amides is 1. The normalized spacial score (nSPS) is 15.9. The highest BCUT2D eigenvalue weighted by molar-refractivity contribution is 5.97. The molecule has 0 saturated heterocycles. The van der Waals surface area contributed by atoms with Crippen LogP contribution < -0.4 is 5.32 Å². The first-order valence-electron chi connectivity index (χ1n) is 5.58. The summed E-state index contributed by atoms with van der Waals surface area (Å²) in [6.07, 6.45) is 1.26. The van der Waals surface area contributed by atoms with E-state index >= 15 is 0 Å². The van der Waals surface area contributed by atoms with E-state index in [0.29, 0.717) is 25.0 Å². The highest BCUT2D eigenvalue weighted by atomic mass is 19.1. The molecule has 1 saturated carbocycles. The number of carbonyl (C=O) groups excluding carboxylic acids is 1. The van der Waals surface area contributed by atoms with Gasteiger partial charge >= 0.3 is 5.97 Å². The Bertz CT molecular complexity index is 520. The predicted octanol–water partition coefficient (Wildman–Crippen LogP) is 1.70. The van der Waals surface area contributed by atoms with Crippen LogP contribution in [0.5, 0.6) is 0 Å². The van der Waals surface area contributed by atoms with Crippen LogP contribution in [0.25, 0.3) is 0 Å². The molecule has 4 nitrogen and oxygen atoms in total. The van der Waals surface area contributed by atoms with Crippen LogP contribution in [0.3, 0.4) is 0 Å². The number of carbonyl (C=O) groups is 2. The van der Waals surface area contributed by atoms with Crippen molar-refractivity contribution in [3.05, 3.63) is 35.1 Å². The zero-order valence-electron chi connectivity index (χ0n) is 9.62. The molecule has 1 unspecified atom stereocenters. The van der Waals surface area contributed by atoms with E-state index < -0.39 is 40.9 Å². The molecule has 0 aromatic heterocycles. The molecule has 1 aromatic rings. The minimum atomic E-state index is -1.37. The van der Waals surface area contributed by atoms with Crippen LogP contribution in [0.2, 0.25) is 0 Å². The van der Waals surface area contributed by atoms with Gasteiger partial charge in [0.05, 0.1) is 0 Å². The van der Waals surface area contributed by atoms with Gasteiger partial charge in [-0.1, -0.05) is 0 Å². The number of hydrogen-bond donors (Lipinski definition) is 2. The summed E-state index contributed by atoms with van der Waals surface area (Å²) in [5, 5.41) is 11.0. The maximum absolute atomic E-state index is 13.3. The molecule has 0 radical (unpaired) electrons. The summed E-state index contributed by atoms with van der Waals surface area (Å²) in [6, 6.07) is -0.452. The first kappa shape index (κ1) is 13.4. The first-order chi connectivity index (χ1) is 8.90. The molecular formula is C12H10F3NO3. The smallest absolute Gasteiger partial charge is 0.326 e. The number of aliphatic carboxylic acids is 1. The first-order valence-corrected chi connectivity index (χ1v) is 5.58. The average molecular weight is 273 g/mol. The molecular weight excluding hydrogens is 263 g/mol. The molecule has 7 heteroatoms. The lowest BCUT2D eigenvalue weighted by atomic mass is 10.1. The average Bonchev–Trinajstić information content (AvgIpc) is 3.07. The van der Waals surface area contributed by atoms with Crippen molar-refractivity contribution in [3.63, 3.8) is 0 Å². The van der Waals surface area contributed by atoms with Crippen LogP contribution in [0, 0.1) is 23.4 Å². The molecule has 1 amide bonds. The van der Waals surface area contributed by atoms with E-state index in [1.807, 2.05) is 0 Å². The van der Waals surface area contributed by atoms with Crippen molar-refractivity contribution < 1.29 is 27.9 Å². The highest BCUT2D eigenvalue weighted by Gasteiger charge is 2.38. The maximum atomic E-state index is 13.3. The fourth-order valence-electron chi connectivity index (χ4n) is 1.78. The second kappa shape index (κ2) is 4.91. The molecule has 0 aliphatic heterocycles. The third kappa shape index (κ3) is 2.86. The Hall–Kier alpha value is -2.05. The van der Waals surface area contributed by atoms with Crippen LogP contribution in [-0.4, -0.2) is 23.0 Å². The molecule has 1 fully saturated rings. The van der Waals surface area contributed by atoms with Gasteiger partial charge < -0.3 is 10.4 Å². The van der Waals surface area contributed by atoms with Crippen LogP contribution in [-0.2, 0) is 4.79 Å². The Morgan fingerprint density at radius 2 is 1.74 bits per heavy atom. The van der Waals surface area contributed by atoms with Crippen molar-refractivity contribution in [1.82, 2.24) is 5.32 Å². The Labute approximate surface area is 106 Å². The summed E-state index contributed by atoms with van der Waals surface area (Å²) in [5.41, 5.74) is -0.978. The predicted molar refractivity (Wildman–Crippen MR) is 57.9 cm³/mol. The summed E-state index contributed by atoms with van der Waals surface area (Å²) in [7, 11) is 0. The second-order valence-electron chi connectivity index (χ2n) is 4.37. The van der Waals surface area contributed by atoms with Crippen molar-refractivity contribution in [3.8, 4) is 0 Å². The number of nitrogens with one attached hydrogen (secondary N) is 1. The van der Waals surface area contributed by atoms with E-state index in [0.717, 1.165) is 0 Å². The SMILES string of the molecule is O=C(NC(C(=O)O)C1CC1)c1c(F)cc(F)cc1F. The Kier molecular flexibility index (Phi) is 3.46. The van der Waals surface area contributed by atoms with E-state index in [1.54, 1.807) is 0 Å². The zero-order chi connectivity index (χ0) is 14.2. The van der Waals surface area contributed by atoms with Crippen LogP contribution in [0.4, 0.5) is 13.2 Å². The standard InChI is InChI=1S/C12H10F3NO3/c13-6-3-7(14)9(8(15)4-6)11(17)16-10(12(18)19)5-1-2-5/h3-5,10H,1-2H2,(H,16,17)(H,18,19). The number of halogens is 3. The van der Waals surface area contributed by atoms with E-state index in [2.05, 4.69) is 5.32 Å². The summed E-state index contributed by atoms with van der Waals surface area (Å²) < 4.78 is 39.4. The van der Waals surface area contributed by atoms with E-state index in [4.69, 9.17) is 5.11 Å². The van der Waals surface area contributed by atoms with Crippen molar-refractivity contribution in [1.29, 1.82) is 0 Å². The maximum Gasteiger partial charge on any atom is 0.326 e. The number of rotatable bonds is 4. The Morgan fingerprint density at radius 1 is 1.21 bits per heavy atom. The monoisotopic (exact) mass is 273 g/mol. The molecule has 1 atom stereocenters. The molecule has 1 aromatic carbocycles. The quantitative estimate of drug-likeness (QED) is 0.877. The van der Waals surface area contributed by atoms with E-state index in [1.165, 1.54) is 0 Å². The van der Waals surface area contributed by atoms with Crippen LogP contribution in [0.1, 0.15) is 23.2 Å². The molecule has 102 valence electrons. The van der Waals surface area contributed by atoms with Gasteiger partial charge in [0.25, 0.3) is 5.91 Å². The van der Waals surface area contributed by atoms with Gasteiger partial charge in [0.2, 0.25) is 0 Å². The topological polar surface area (TPSA) is 66.4 Å². The third-order valence-electron chi connectivity index (χ3n) is 2.88.